The van der Waals surface area contributed by atoms with Crippen molar-refractivity contribution in [2.24, 2.45) is 5.92 Å². The number of hydrogen-bond donors (Lipinski definition) is 1. The van der Waals surface area contributed by atoms with Crippen LogP contribution in [-0.2, 0) is 4.74 Å². The van der Waals surface area contributed by atoms with Gasteiger partial charge in [-0.15, -0.1) is 0 Å². The standard InChI is InChI=1S/C17H20N2O2/c1-3-21-15(13-9-10-13)16-18-14(11(2)17(20)19-16)12-7-5-4-6-8-12/h4-8,13,15H,3,9-10H2,1-2H3,(H,18,19,20). The zero-order valence-corrected chi connectivity index (χ0v) is 12.4. The number of hydrogen-bond acceptors (Lipinski definition) is 3. The Morgan fingerprint density at radius 2 is 2.05 bits per heavy atom. The Bertz CT molecular complexity index is 675. The largest absolute Gasteiger partial charge is 0.370 e. The van der Waals surface area contributed by atoms with Gasteiger partial charge in [0.15, 0.2) is 0 Å². The topological polar surface area (TPSA) is 55.0 Å². The number of H-pyrrole nitrogens is 1. The van der Waals surface area contributed by atoms with Crippen LogP contribution in [0, 0.1) is 12.8 Å². The molecule has 1 aliphatic rings. The van der Waals surface area contributed by atoms with Crippen molar-refractivity contribution in [1.82, 2.24) is 9.97 Å². The predicted octanol–water partition coefficient (Wildman–Crippen LogP) is 3.23. The lowest BCUT2D eigenvalue weighted by Crippen LogP contribution is -2.20. The molecule has 0 saturated heterocycles. The summed E-state index contributed by atoms with van der Waals surface area (Å²) in [5.74, 6) is 1.15. The highest BCUT2D eigenvalue weighted by atomic mass is 16.5. The monoisotopic (exact) mass is 284 g/mol. The third kappa shape index (κ3) is 2.90. The summed E-state index contributed by atoms with van der Waals surface area (Å²) < 4.78 is 5.81. The zero-order valence-electron chi connectivity index (χ0n) is 12.4. The minimum absolute atomic E-state index is 0.0794. The Balaban J connectivity index is 2.07. The van der Waals surface area contributed by atoms with E-state index in [9.17, 15) is 4.79 Å². The maximum atomic E-state index is 12.2. The van der Waals surface area contributed by atoms with Crippen molar-refractivity contribution in [2.45, 2.75) is 32.8 Å². The van der Waals surface area contributed by atoms with Gasteiger partial charge in [0.05, 0.1) is 5.69 Å². The molecule has 1 unspecified atom stereocenters. The maximum absolute atomic E-state index is 12.2. The van der Waals surface area contributed by atoms with E-state index >= 15 is 0 Å². The van der Waals surface area contributed by atoms with Gasteiger partial charge in [-0.1, -0.05) is 30.3 Å². The molecule has 0 bridgehead atoms. The first-order valence-electron chi connectivity index (χ1n) is 7.48. The van der Waals surface area contributed by atoms with Crippen LogP contribution in [-0.4, -0.2) is 16.6 Å². The van der Waals surface area contributed by atoms with E-state index in [4.69, 9.17) is 9.72 Å². The van der Waals surface area contributed by atoms with Gasteiger partial charge in [0.1, 0.15) is 11.9 Å². The third-order valence-electron chi connectivity index (χ3n) is 3.88. The molecule has 110 valence electrons. The van der Waals surface area contributed by atoms with Crippen molar-refractivity contribution < 1.29 is 4.74 Å². The molecule has 21 heavy (non-hydrogen) atoms. The molecule has 1 saturated carbocycles. The van der Waals surface area contributed by atoms with Gasteiger partial charge in [0.25, 0.3) is 5.56 Å². The van der Waals surface area contributed by atoms with Crippen LogP contribution >= 0.6 is 0 Å². The molecule has 4 heteroatoms. The van der Waals surface area contributed by atoms with Gasteiger partial charge in [-0.25, -0.2) is 4.98 Å². The smallest absolute Gasteiger partial charge is 0.254 e. The number of rotatable bonds is 5. The SMILES string of the molecule is CCOC(c1nc(-c2ccccc2)c(C)c(=O)[nH]1)C1CC1. The fraction of sp³-hybridized carbons (Fsp3) is 0.412. The molecule has 2 aromatic rings. The van der Waals surface area contributed by atoms with E-state index in [2.05, 4.69) is 4.98 Å². The Labute approximate surface area is 124 Å². The molecule has 1 aromatic carbocycles. The molecule has 0 amide bonds. The Morgan fingerprint density at radius 3 is 2.67 bits per heavy atom. The van der Waals surface area contributed by atoms with E-state index in [1.54, 1.807) is 0 Å². The van der Waals surface area contributed by atoms with Crippen LogP contribution in [0.3, 0.4) is 0 Å². The van der Waals surface area contributed by atoms with E-state index in [0.29, 0.717) is 23.9 Å². The van der Waals surface area contributed by atoms with Crippen molar-refractivity contribution in [1.29, 1.82) is 0 Å². The summed E-state index contributed by atoms with van der Waals surface area (Å²) in [6.45, 7) is 4.41. The van der Waals surface area contributed by atoms with Crippen LogP contribution < -0.4 is 5.56 Å². The molecule has 1 heterocycles. The van der Waals surface area contributed by atoms with E-state index in [0.717, 1.165) is 24.1 Å². The van der Waals surface area contributed by atoms with Gasteiger partial charge in [-0.3, -0.25) is 4.79 Å². The molecule has 4 nitrogen and oxygen atoms in total. The van der Waals surface area contributed by atoms with E-state index in [-0.39, 0.29) is 11.7 Å². The molecule has 1 aromatic heterocycles. The van der Waals surface area contributed by atoms with Gasteiger partial charge < -0.3 is 9.72 Å². The van der Waals surface area contributed by atoms with Crippen molar-refractivity contribution >= 4 is 0 Å². The van der Waals surface area contributed by atoms with Gasteiger partial charge in [0, 0.05) is 17.7 Å². The van der Waals surface area contributed by atoms with Gasteiger partial charge in [0.2, 0.25) is 0 Å². The summed E-state index contributed by atoms with van der Waals surface area (Å²) in [6, 6.07) is 9.83. The molecule has 1 fully saturated rings. The molecular formula is C17H20N2O2. The molecule has 0 aliphatic heterocycles. The third-order valence-corrected chi connectivity index (χ3v) is 3.88. The second-order valence-electron chi connectivity index (χ2n) is 5.50. The summed E-state index contributed by atoms with van der Waals surface area (Å²) >= 11 is 0. The van der Waals surface area contributed by atoms with Gasteiger partial charge >= 0.3 is 0 Å². The first-order valence-corrected chi connectivity index (χ1v) is 7.48. The van der Waals surface area contributed by atoms with Crippen molar-refractivity contribution in [2.75, 3.05) is 6.61 Å². The van der Waals surface area contributed by atoms with Crippen LogP contribution in [0.15, 0.2) is 35.1 Å². The normalized spacial score (nSPS) is 15.9. The molecule has 1 N–H and O–H groups in total. The second kappa shape index (κ2) is 5.82. The number of benzene rings is 1. The van der Waals surface area contributed by atoms with Gasteiger partial charge in [-0.2, -0.15) is 0 Å². The minimum Gasteiger partial charge on any atom is -0.370 e. The lowest BCUT2D eigenvalue weighted by atomic mass is 10.1. The molecular weight excluding hydrogens is 264 g/mol. The number of aromatic nitrogens is 2. The van der Waals surface area contributed by atoms with Crippen molar-refractivity contribution in [3.63, 3.8) is 0 Å². The Kier molecular flexibility index (Phi) is 3.88. The molecule has 0 spiro atoms. The van der Waals surface area contributed by atoms with Crippen molar-refractivity contribution in [3.05, 3.63) is 52.1 Å². The number of nitrogens with one attached hydrogen (secondary N) is 1. The highest BCUT2D eigenvalue weighted by molar-refractivity contribution is 5.62. The van der Waals surface area contributed by atoms with Crippen molar-refractivity contribution in [3.8, 4) is 11.3 Å². The second-order valence-corrected chi connectivity index (χ2v) is 5.50. The van der Waals surface area contributed by atoms with E-state index in [1.165, 1.54) is 0 Å². The predicted molar refractivity (Wildman–Crippen MR) is 82.1 cm³/mol. The fourth-order valence-corrected chi connectivity index (χ4v) is 2.58. The molecule has 1 atom stereocenters. The summed E-state index contributed by atoms with van der Waals surface area (Å²) in [4.78, 5) is 19.8. The number of ether oxygens (including phenoxy) is 1. The van der Waals surface area contributed by atoms with Crippen LogP contribution in [0.1, 0.15) is 37.3 Å². The van der Waals surface area contributed by atoms with Crippen LogP contribution in [0.25, 0.3) is 11.3 Å². The van der Waals surface area contributed by atoms with E-state index < -0.39 is 0 Å². The summed E-state index contributed by atoms with van der Waals surface area (Å²) in [7, 11) is 0. The highest BCUT2D eigenvalue weighted by Gasteiger charge is 2.35. The van der Waals surface area contributed by atoms with E-state index in [1.807, 2.05) is 44.2 Å². The average molecular weight is 284 g/mol. The Hall–Kier alpha value is -1.94. The summed E-state index contributed by atoms with van der Waals surface area (Å²) in [5.41, 5.74) is 2.29. The lowest BCUT2D eigenvalue weighted by molar-refractivity contribution is 0.0399. The lowest BCUT2D eigenvalue weighted by Gasteiger charge is -2.17. The van der Waals surface area contributed by atoms with Crippen LogP contribution in [0.2, 0.25) is 0 Å². The zero-order chi connectivity index (χ0) is 14.8. The van der Waals surface area contributed by atoms with Crippen LogP contribution in [0.5, 0.6) is 0 Å². The summed E-state index contributed by atoms with van der Waals surface area (Å²) in [6.07, 6.45) is 2.19. The van der Waals surface area contributed by atoms with Gasteiger partial charge in [-0.05, 0) is 32.6 Å². The number of aromatic amines is 1. The first-order chi connectivity index (χ1) is 10.2. The average Bonchev–Trinajstić information content (AvgIpc) is 3.33. The maximum Gasteiger partial charge on any atom is 0.254 e. The summed E-state index contributed by atoms with van der Waals surface area (Å²) in [5, 5.41) is 0. The number of nitrogens with zero attached hydrogens (tertiary/aromatic N) is 1. The Morgan fingerprint density at radius 1 is 1.33 bits per heavy atom. The molecule has 1 aliphatic carbocycles. The minimum atomic E-state index is -0.0919. The highest BCUT2D eigenvalue weighted by Crippen LogP contribution is 2.42. The molecule has 0 radical (unpaired) electrons. The fourth-order valence-electron chi connectivity index (χ4n) is 2.58. The first kappa shape index (κ1) is 14.0. The van der Waals surface area contributed by atoms with Crippen LogP contribution in [0.4, 0.5) is 0 Å². The molecule has 3 rings (SSSR count). The quantitative estimate of drug-likeness (QED) is 0.917.